The van der Waals surface area contributed by atoms with Crippen LogP contribution in [0.2, 0.25) is 0 Å². The number of rotatable bonds is 4. The van der Waals surface area contributed by atoms with E-state index in [1.807, 2.05) is 0 Å². The van der Waals surface area contributed by atoms with Crippen molar-refractivity contribution in [3.05, 3.63) is 0 Å². The molecule has 0 aromatic rings. The van der Waals surface area contributed by atoms with Gasteiger partial charge in [-0.3, -0.25) is 4.79 Å². The predicted molar refractivity (Wildman–Crippen MR) is 63.0 cm³/mol. The lowest BCUT2D eigenvalue weighted by Crippen LogP contribution is -2.46. The third-order valence-corrected chi connectivity index (χ3v) is 3.92. The van der Waals surface area contributed by atoms with Gasteiger partial charge in [0.25, 0.3) is 0 Å². The fourth-order valence-electron chi connectivity index (χ4n) is 2.75. The summed E-state index contributed by atoms with van der Waals surface area (Å²) in [6, 6.07) is 2.55. The number of carbonyl (C=O) groups is 1. The van der Waals surface area contributed by atoms with Gasteiger partial charge in [0.15, 0.2) is 0 Å². The molecule has 0 aromatic carbocycles. The van der Waals surface area contributed by atoms with E-state index in [0.717, 1.165) is 32.1 Å². The lowest BCUT2D eigenvalue weighted by atomic mass is 9.74. The molecule has 2 aliphatic carbocycles. The number of aliphatic hydroxyl groups excluding tert-OH is 1. The predicted octanol–water partition coefficient (Wildman–Crippen LogP) is 1.44. The number of nitrogens with zero attached hydrogens (tertiary/aromatic N) is 2. The molecule has 0 heterocycles. The van der Waals surface area contributed by atoms with Crippen LogP contribution in [0.3, 0.4) is 0 Å². The topological polar surface area (TPSA) is 64.3 Å². The van der Waals surface area contributed by atoms with Crippen molar-refractivity contribution in [1.82, 2.24) is 4.90 Å². The molecule has 4 heteroatoms. The SMILES string of the molecule is N#CC1(C(=O)N(CCO)C2CC2)CCCCC1. The van der Waals surface area contributed by atoms with Crippen molar-refractivity contribution in [3.8, 4) is 6.07 Å². The van der Waals surface area contributed by atoms with E-state index in [0.29, 0.717) is 19.4 Å². The normalized spacial score (nSPS) is 22.8. The zero-order chi connectivity index (χ0) is 12.3. The average molecular weight is 236 g/mol. The number of hydrogen-bond donors (Lipinski definition) is 1. The Hall–Kier alpha value is -1.08. The third kappa shape index (κ3) is 2.44. The molecule has 94 valence electrons. The first-order valence-electron chi connectivity index (χ1n) is 6.57. The summed E-state index contributed by atoms with van der Waals surface area (Å²) in [5.74, 6) is -0.0312. The standard InChI is InChI=1S/C13H20N2O2/c14-10-13(6-2-1-3-7-13)12(17)15(8-9-16)11-4-5-11/h11,16H,1-9H2. The summed E-state index contributed by atoms with van der Waals surface area (Å²) in [6.45, 7) is 0.372. The highest BCUT2D eigenvalue weighted by Crippen LogP contribution is 2.40. The molecular formula is C13H20N2O2. The minimum atomic E-state index is -0.796. The Balaban J connectivity index is 2.11. The van der Waals surface area contributed by atoms with Gasteiger partial charge in [0.2, 0.25) is 5.91 Å². The second-order valence-corrected chi connectivity index (χ2v) is 5.21. The van der Waals surface area contributed by atoms with Crippen LogP contribution in [0.1, 0.15) is 44.9 Å². The summed E-state index contributed by atoms with van der Waals surface area (Å²) in [7, 11) is 0. The Morgan fingerprint density at radius 3 is 2.47 bits per heavy atom. The summed E-state index contributed by atoms with van der Waals surface area (Å²) in [5, 5.41) is 18.4. The number of aliphatic hydroxyl groups is 1. The van der Waals surface area contributed by atoms with Crippen LogP contribution in [-0.2, 0) is 4.79 Å². The van der Waals surface area contributed by atoms with Crippen LogP contribution in [0, 0.1) is 16.7 Å². The molecule has 0 aliphatic heterocycles. The largest absolute Gasteiger partial charge is 0.395 e. The molecule has 0 radical (unpaired) electrons. The average Bonchev–Trinajstić information content (AvgIpc) is 3.20. The molecule has 0 unspecified atom stereocenters. The number of hydrogen-bond acceptors (Lipinski definition) is 3. The first-order valence-corrected chi connectivity index (χ1v) is 6.57. The summed E-state index contributed by atoms with van der Waals surface area (Å²) < 4.78 is 0. The van der Waals surface area contributed by atoms with E-state index in [9.17, 15) is 10.1 Å². The van der Waals surface area contributed by atoms with Crippen LogP contribution in [0.4, 0.5) is 0 Å². The molecule has 0 saturated heterocycles. The molecule has 1 N–H and O–H groups in total. The Kier molecular flexibility index (Phi) is 3.68. The van der Waals surface area contributed by atoms with Gasteiger partial charge in [-0.25, -0.2) is 0 Å². The molecule has 2 rings (SSSR count). The van der Waals surface area contributed by atoms with Crippen molar-refractivity contribution in [2.75, 3.05) is 13.2 Å². The van der Waals surface area contributed by atoms with Gasteiger partial charge in [0.05, 0.1) is 12.7 Å². The minimum Gasteiger partial charge on any atom is -0.395 e. The van der Waals surface area contributed by atoms with Gasteiger partial charge in [0.1, 0.15) is 5.41 Å². The molecule has 17 heavy (non-hydrogen) atoms. The van der Waals surface area contributed by atoms with Crippen molar-refractivity contribution >= 4 is 5.91 Å². The number of nitriles is 1. The van der Waals surface area contributed by atoms with E-state index < -0.39 is 5.41 Å². The zero-order valence-corrected chi connectivity index (χ0v) is 10.2. The highest BCUT2D eigenvalue weighted by molar-refractivity contribution is 5.86. The van der Waals surface area contributed by atoms with Gasteiger partial charge >= 0.3 is 0 Å². The van der Waals surface area contributed by atoms with E-state index in [-0.39, 0.29) is 18.6 Å². The molecule has 2 fully saturated rings. The van der Waals surface area contributed by atoms with Gasteiger partial charge < -0.3 is 10.0 Å². The number of carbonyl (C=O) groups excluding carboxylic acids is 1. The van der Waals surface area contributed by atoms with Crippen LogP contribution in [0.5, 0.6) is 0 Å². The highest BCUT2D eigenvalue weighted by atomic mass is 16.3. The minimum absolute atomic E-state index is 0.0102. The van der Waals surface area contributed by atoms with Crippen molar-refractivity contribution < 1.29 is 9.90 Å². The van der Waals surface area contributed by atoms with Crippen molar-refractivity contribution in [3.63, 3.8) is 0 Å². The van der Waals surface area contributed by atoms with Crippen molar-refractivity contribution in [2.45, 2.75) is 51.0 Å². The lowest BCUT2D eigenvalue weighted by Gasteiger charge is -2.34. The van der Waals surface area contributed by atoms with Gasteiger partial charge in [-0.1, -0.05) is 19.3 Å². The molecule has 4 nitrogen and oxygen atoms in total. The first-order chi connectivity index (χ1) is 8.23. The maximum atomic E-state index is 12.5. The van der Waals surface area contributed by atoms with Crippen LogP contribution in [0.15, 0.2) is 0 Å². The quantitative estimate of drug-likeness (QED) is 0.803. The van der Waals surface area contributed by atoms with Crippen LogP contribution >= 0.6 is 0 Å². The Bertz CT molecular complexity index is 325. The summed E-state index contributed by atoms with van der Waals surface area (Å²) in [6.07, 6.45) is 6.49. The number of amides is 1. The van der Waals surface area contributed by atoms with E-state index in [1.165, 1.54) is 0 Å². The molecule has 1 amide bonds. The van der Waals surface area contributed by atoms with Gasteiger partial charge in [-0.15, -0.1) is 0 Å². The fraction of sp³-hybridized carbons (Fsp3) is 0.846. The van der Waals surface area contributed by atoms with E-state index in [4.69, 9.17) is 5.11 Å². The fourth-order valence-corrected chi connectivity index (χ4v) is 2.75. The smallest absolute Gasteiger partial charge is 0.243 e. The van der Waals surface area contributed by atoms with E-state index in [1.54, 1.807) is 4.90 Å². The second kappa shape index (κ2) is 5.05. The molecular weight excluding hydrogens is 216 g/mol. The molecule has 2 aliphatic rings. The third-order valence-electron chi connectivity index (χ3n) is 3.92. The van der Waals surface area contributed by atoms with E-state index >= 15 is 0 Å². The summed E-state index contributed by atoms with van der Waals surface area (Å²) in [4.78, 5) is 14.3. The van der Waals surface area contributed by atoms with Crippen LogP contribution < -0.4 is 0 Å². The summed E-state index contributed by atoms with van der Waals surface area (Å²) >= 11 is 0. The van der Waals surface area contributed by atoms with Crippen LogP contribution in [0.25, 0.3) is 0 Å². The zero-order valence-electron chi connectivity index (χ0n) is 10.2. The maximum absolute atomic E-state index is 12.5. The van der Waals surface area contributed by atoms with E-state index in [2.05, 4.69) is 6.07 Å². The molecule has 0 spiro atoms. The second-order valence-electron chi connectivity index (χ2n) is 5.21. The van der Waals surface area contributed by atoms with Gasteiger partial charge in [0, 0.05) is 12.6 Å². The Labute approximate surface area is 102 Å². The maximum Gasteiger partial charge on any atom is 0.243 e. The monoisotopic (exact) mass is 236 g/mol. The molecule has 0 aromatic heterocycles. The van der Waals surface area contributed by atoms with Crippen LogP contribution in [-0.4, -0.2) is 35.1 Å². The lowest BCUT2D eigenvalue weighted by molar-refractivity contribution is -0.141. The first kappa shape index (κ1) is 12.4. The van der Waals surface area contributed by atoms with Gasteiger partial charge in [-0.05, 0) is 25.7 Å². The Morgan fingerprint density at radius 1 is 1.35 bits per heavy atom. The molecule has 0 atom stereocenters. The van der Waals surface area contributed by atoms with Crippen molar-refractivity contribution in [1.29, 1.82) is 5.26 Å². The van der Waals surface area contributed by atoms with Gasteiger partial charge in [-0.2, -0.15) is 5.26 Å². The Morgan fingerprint density at radius 2 is 2.00 bits per heavy atom. The molecule has 0 bridgehead atoms. The van der Waals surface area contributed by atoms with Crippen molar-refractivity contribution in [2.24, 2.45) is 5.41 Å². The highest BCUT2D eigenvalue weighted by Gasteiger charge is 2.45. The summed E-state index contributed by atoms with van der Waals surface area (Å²) in [5.41, 5.74) is -0.796. The molecule has 2 saturated carbocycles.